The van der Waals surface area contributed by atoms with Crippen molar-refractivity contribution in [3.05, 3.63) is 54.1 Å². The Bertz CT molecular complexity index is 1290. The molecule has 0 N–H and O–H groups in total. The summed E-state index contributed by atoms with van der Waals surface area (Å²) in [7, 11) is -3.26. The third-order valence-electron chi connectivity index (χ3n) is 7.89. The molecule has 8 heteroatoms. The number of aromatic nitrogens is 2. The zero-order chi connectivity index (χ0) is 24.7. The fourth-order valence-corrected chi connectivity index (χ4v) is 6.33. The lowest BCUT2D eigenvalue weighted by Gasteiger charge is -2.42. The summed E-state index contributed by atoms with van der Waals surface area (Å²) in [5.41, 5.74) is 2.48. The molecule has 4 heterocycles. The average molecular weight is 499 g/mol. The number of imidazole rings is 1. The molecule has 0 aliphatic carbocycles. The summed E-state index contributed by atoms with van der Waals surface area (Å²) in [6, 6.07) is 9.75. The van der Waals surface area contributed by atoms with Crippen LogP contribution in [0.15, 0.2) is 47.6 Å². The number of likely N-dealkylation sites (tertiary alicyclic amines) is 2. The van der Waals surface area contributed by atoms with Crippen molar-refractivity contribution >= 4 is 15.5 Å². The van der Waals surface area contributed by atoms with E-state index >= 15 is 4.39 Å². The second kappa shape index (κ2) is 9.64. The summed E-state index contributed by atoms with van der Waals surface area (Å²) in [5.74, 6) is -0.0311. The number of halogens is 1. The summed E-state index contributed by atoms with van der Waals surface area (Å²) in [4.78, 5) is 10.0. The van der Waals surface area contributed by atoms with Crippen molar-refractivity contribution in [2.24, 2.45) is 0 Å². The second-order valence-corrected chi connectivity index (χ2v) is 12.4. The number of hydrogen-bond donors (Lipinski definition) is 0. The van der Waals surface area contributed by atoms with E-state index in [1.165, 1.54) is 32.2 Å². The number of nitrogens with zero attached hydrogens (tertiary/aromatic N) is 4. The zero-order valence-electron chi connectivity index (χ0n) is 20.8. The fraction of sp³-hybridized carbons (Fsp3) is 0.519. The maximum atomic E-state index is 15.6. The van der Waals surface area contributed by atoms with E-state index in [0.717, 1.165) is 37.1 Å². The molecule has 0 radical (unpaired) electrons. The molecule has 0 spiro atoms. The SMILES string of the molecule is CC(C)N1CCC(N2CCC(c3ccn4cc(-c5ccc(S(C)(=O)=O)cc5)nc4c3F)CC2)CC1. The van der Waals surface area contributed by atoms with E-state index < -0.39 is 9.84 Å². The van der Waals surface area contributed by atoms with Crippen molar-refractivity contribution in [3.8, 4) is 11.3 Å². The van der Waals surface area contributed by atoms with Gasteiger partial charge in [0.2, 0.25) is 0 Å². The third kappa shape index (κ3) is 5.01. The van der Waals surface area contributed by atoms with Crippen molar-refractivity contribution in [1.29, 1.82) is 0 Å². The second-order valence-electron chi connectivity index (χ2n) is 10.4. The van der Waals surface area contributed by atoms with Crippen LogP contribution < -0.4 is 0 Å². The Morgan fingerprint density at radius 2 is 1.63 bits per heavy atom. The van der Waals surface area contributed by atoms with Gasteiger partial charge in [-0.05, 0) is 95.4 Å². The normalized spacial score (nSPS) is 19.7. The first-order chi connectivity index (χ1) is 16.7. The summed E-state index contributed by atoms with van der Waals surface area (Å²) in [6.45, 7) is 8.94. The largest absolute Gasteiger partial charge is 0.304 e. The van der Waals surface area contributed by atoms with Gasteiger partial charge in [-0.3, -0.25) is 0 Å². The molecule has 1 aromatic carbocycles. The molecule has 3 aromatic rings. The Labute approximate surface area is 207 Å². The van der Waals surface area contributed by atoms with Gasteiger partial charge in [0.05, 0.1) is 10.6 Å². The Balaban J connectivity index is 1.28. The highest BCUT2D eigenvalue weighted by Gasteiger charge is 2.30. The number of sulfone groups is 1. The number of fused-ring (bicyclic) bond motifs is 1. The molecule has 2 aliphatic heterocycles. The van der Waals surface area contributed by atoms with Crippen LogP contribution in [0.2, 0.25) is 0 Å². The monoisotopic (exact) mass is 498 g/mol. The molecular weight excluding hydrogens is 463 g/mol. The number of hydrogen-bond acceptors (Lipinski definition) is 5. The molecule has 0 atom stereocenters. The van der Waals surface area contributed by atoms with Gasteiger partial charge in [-0.2, -0.15) is 0 Å². The van der Waals surface area contributed by atoms with Crippen molar-refractivity contribution in [2.45, 2.75) is 62.4 Å². The first-order valence-electron chi connectivity index (χ1n) is 12.7. The van der Waals surface area contributed by atoms with Gasteiger partial charge in [-0.1, -0.05) is 12.1 Å². The van der Waals surface area contributed by atoms with E-state index in [0.29, 0.717) is 23.4 Å². The van der Waals surface area contributed by atoms with Crippen molar-refractivity contribution in [3.63, 3.8) is 0 Å². The topological polar surface area (TPSA) is 57.9 Å². The first kappa shape index (κ1) is 24.4. The summed E-state index contributed by atoms with van der Waals surface area (Å²) in [5, 5.41) is 0. The molecule has 2 saturated heterocycles. The highest BCUT2D eigenvalue weighted by atomic mass is 32.2. The minimum atomic E-state index is -3.26. The van der Waals surface area contributed by atoms with Crippen molar-refractivity contribution in [1.82, 2.24) is 19.2 Å². The molecule has 6 nitrogen and oxygen atoms in total. The molecule has 5 rings (SSSR count). The molecular formula is C27H35FN4O2S. The van der Waals surface area contributed by atoms with Gasteiger partial charge in [0, 0.05) is 36.3 Å². The Kier molecular flexibility index (Phi) is 6.72. The minimum Gasteiger partial charge on any atom is -0.304 e. The molecule has 0 bridgehead atoms. The smallest absolute Gasteiger partial charge is 0.175 e. The lowest BCUT2D eigenvalue weighted by molar-refractivity contribution is 0.0750. The van der Waals surface area contributed by atoms with E-state index in [-0.39, 0.29) is 16.6 Å². The molecule has 0 saturated carbocycles. The van der Waals surface area contributed by atoms with Crippen LogP contribution in [-0.2, 0) is 9.84 Å². The zero-order valence-corrected chi connectivity index (χ0v) is 21.6. The van der Waals surface area contributed by atoms with E-state index in [4.69, 9.17) is 0 Å². The number of piperidine rings is 2. The molecule has 2 aliphatic rings. The molecule has 2 aromatic heterocycles. The molecule has 35 heavy (non-hydrogen) atoms. The molecule has 0 amide bonds. The highest BCUT2D eigenvalue weighted by molar-refractivity contribution is 7.90. The lowest BCUT2D eigenvalue weighted by atomic mass is 9.88. The van der Waals surface area contributed by atoms with E-state index in [1.807, 2.05) is 12.3 Å². The van der Waals surface area contributed by atoms with Gasteiger partial charge in [-0.15, -0.1) is 0 Å². The standard InChI is InChI=1S/C27H35FN4O2S/c1-19(2)30-15-10-22(11-16-30)31-13-8-20(9-14-31)24-12-17-32-18-25(29-27(32)26(24)28)21-4-6-23(7-5-21)35(3,33)34/h4-7,12,17-20,22H,8-11,13-16H2,1-3H3. The summed E-state index contributed by atoms with van der Waals surface area (Å²) < 4.78 is 40.8. The number of benzene rings is 1. The van der Waals surface area contributed by atoms with Crippen LogP contribution in [0.4, 0.5) is 4.39 Å². The predicted molar refractivity (Wildman–Crippen MR) is 137 cm³/mol. The minimum absolute atomic E-state index is 0.209. The van der Waals surface area contributed by atoms with Gasteiger partial charge in [0.1, 0.15) is 0 Å². The van der Waals surface area contributed by atoms with Gasteiger partial charge in [0.15, 0.2) is 21.3 Å². The summed E-state index contributed by atoms with van der Waals surface area (Å²) in [6.07, 6.45) is 9.27. The van der Waals surface area contributed by atoms with Crippen LogP contribution in [0.1, 0.15) is 51.0 Å². The van der Waals surface area contributed by atoms with E-state index in [1.54, 1.807) is 34.9 Å². The quantitative estimate of drug-likeness (QED) is 0.515. The molecule has 188 valence electrons. The van der Waals surface area contributed by atoms with Crippen LogP contribution in [0.25, 0.3) is 16.9 Å². The molecule has 0 unspecified atom stereocenters. The maximum absolute atomic E-state index is 15.6. The van der Waals surface area contributed by atoms with Crippen LogP contribution in [0.5, 0.6) is 0 Å². The van der Waals surface area contributed by atoms with Gasteiger partial charge < -0.3 is 14.2 Å². The van der Waals surface area contributed by atoms with E-state index in [2.05, 4.69) is 28.6 Å². The van der Waals surface area contributed by atoms with Gasteiger partial charge in [-0.25, -0.2) is 17.8 Å². The Morgan fingerprint density at radius 3 is 2.23 bits per heavy atom. The van der Waals surface area contributed by atoms with Crippen molar-refractivity contribution in [2.75, 3.05) is 32.4 Å². The van der Waals surface area contributed by atoms with Crippen LogP contribution in [-0.4, -0.2) is 72.1 Å². The number of pyridine rings is 1. The third-order valence-corrected chi connectivity index (χ3v) is 9.02. The van der Waals surface area contributed by atoms with Gasteiger partial charge in [0.25, 0.3) is 0 Å². The Hall–Kier alpha value is -2.29. The predicted octanol–water partition coefficient (Wildman–Crippen LogP) is 4.60. The number of rotatable bonds is 5. The first-order valence-corrected chi connectivity index (χ1v) is 14.6. The van der Waals surface area contributed by atoms with Crippen LogP contribution in [0.3, 0.4) is 0 Å². The highest BCUT2D eigenvalue weighted by Crippen LogP contribution is 2.34. The molecule has 2 fully saturated rings. The van der Waals surface area contributed by atoms with Gasteiger partial charge >= 0.3 is 0 Å². The Morgan fingerprint density at radius 1 is 0.971 bits per heavy atom. The lowest BCUT2D eigenvalue weighted by Crippen LogP contribution is -2.48. The maximum Gasteiger partial charge on any atom is 0.175 e. The van der Waals surface area contributed by atoms with Crippen LogP contribution in [0, 0.1) is 5.82 Å². The average Bonchev–Trinajstić information content (AvgIpc) is 3.30. The summed E-state index contributed by atoms with van der Waals surface area (Å²) >= 11 is 0. The van der Waals surface area contributed by atoms with Crippen LogP contribution >= 0.6 is 0 Å². The van der Waals surface area contributed by atoms with E-state index in [9.17, 15) is 8.42 Å². The van der Waals surface area contributed by atoms with Crippen molar-refractivity contribution < 1.29 is 12.8 Å². The fourth-order valence-electron chi connectivity index (χ4n) is 5.70.